The number of hydrogen-bond acceptors (Lipinski definition) is 5. The average molecular weight is 462 g/mol. The van der Waals surface area contributed by atoms with Gasteiger partial charge in [0.1, 0.15) is 16.6 Å². The highest BCUT2D eigenvalue weighted by atomic mass is 32.2. The summed E-state index contributed by atoms with van der Waals surface area (Å²) in [6.07, 6.45) is 11.8. The Bertz CT molecular complexity index is 1390. The van der Waals surface area contributed by atoms with E-state index in [-0.39, 0.29) is 16.5 Å². The van der Waals surface area contributed by atoms with E-state index in [1.165, 1.54) is 24.6 Å². The fourth-order valence-electron chi connectivity index (χ4n) is 5.08. The quantitative estimate of drug-likeness (QED) is 0.569. The van der Waals surface area contributed by atoms with Crippen LogP contribution >= 0.6 is 0 Å². The van der Waals surface area contributed by atoms with Gasteiger partial charge in [0.15, 0.2) is 0 Å². The Morgan fingerprint density at radius 3 is 2.48 bits per heavy atom. The number of nitriles is 1. The molecule has 3 saturated carbocycles. The van der Waals surface area contributed by atoms with Crippen LogP contribution in [0, 0.1) is 11.3 Å². The molecule has 7 nitrogen and oxygen atoms in total. The first kappa shape index (κ1) is 20.8. The lowest BCUT2D eigenvalue weighted by Gasteiger charge is -2.17. The smallest absolute Gasteiger partial charge is 0.242 e. The predicted octanol–water partition coefficient (Wildman–Crippen LogP) is 4.79. The van der Waals surface area contributed by atoms with Crippen LogP contribution in [0.2, 0.25) is 0 Å². The van der Waals surface area contributed by atoms with Crippen molar-refractivity contribution in [3.8, 4) is 17.5 Å². The largest absolute Gasteiger partial charge is 0.320 e. The molecule has 3 fully saturated rings. The van der Waals surface area contributed by atoms with E-state index in [9.17, 15) is 13.7 Å². The fourth-order valence-corrected chi connectivity index (χ4v) is 6.49. The van der Waals surface area contributed by atoms with Crippen LogP contribution in [0.5, 0.6) is 0 Å². The molecule has 0 spiro atoms. The molecule has 33 heavy (non-hydrogen) atoms. The zero-order valence-corrected chi connectivity index (χ0v) is 19.5. The highest BCUT2D eigenvalue weighted by Crippen LogP contribution is 2.44. The van der Waals surface area contributed by atoms with E-state index in [0.717, 1.165) is 55.3 Å². The number of sulfonamides is 1. The summed E-state index contributed by atoms with van der Waals surface area (Å²) < 4.78 is 30.5. The van der Waals surface area contributed by atoms with E-state index in [1.54, 1.807) is 12.1 Å². The van der Waals surface area contributed by atoms with E-state index in [2.05, 4.69) is 26.4 Å². The monoisotopic (exact) mass is 461 g/mol. The maximum absolute atomic E-state index is 12.8. The van der Waals surface area contributed by atoms with Crippen LogP contribution in [0.4, 0.5) is 0 Å². The second-order valence-electron chi connectivity index (χ2n) is 10.1. The lowest BCUT2D eigenvalue weighted by Crippen LogP contribution is -2.34. The molecule has 3 aliphatic rings. The maximum atomic E-state index is 12.8. The second kappa shape index (κ2) is 7.37. The molecule has 6 rings (SSSR count). The molecule has 3 aliphatic carbocycles. The van der Waals surface area contributed by atoms with Crippen molar-refractivity contribution in [2.24, 2.45) is 0 Å². The third-order valence-electron chi connectivity index (χ3n) is 7.38. The van der Waals surface area contributed by atoms with Gasteiger partial charge >= 0.3 is 0 Å². The summed E-state index contributed by atoms with van der Waals surface area (Å²) in [6.45, 7) is 1.91. The molecule has 0 aliphatic heterocycles. The Morgan fingerprint density at radius 1 is 1.12 bits per heavy atom. The minimum atomic E-state index is -3.63. The molecule has 170 valence electrons. The van der Waals surface area contributed by atoms with Crippen LogP contribution in [0.25, 0.3) is 22.4 Å². The van der Waals surface area contributed by atoms with Crippen molar-refractivity contribution >= 4 is 21.1 Å². The first-order valence-electron chi connectivity index (χ1n) is 11.8. The molecule has 8 heteroatoms. The average Bonchev–Trinajstić information content (AvgIpc) is 3.69. The van der Waals surface area contributed by atoms with E-state index in [4.69, 9.17) is 4.98 Å². The van der Waals surface area contributed by atoms with Crippen molar-refractivity contribution in [3.05, 3.63) is 41.7 Å². The summed E-state index contributed by atoms with van der Waals surface area (Å²) in [5, 5.41) is 11.1. The maximum Gasteiger partial charge on any atom is 0.242 e. The number of aromatic nitrogens is 3. The van der Waals surface area contributed by atoms with Gasteiger partial charge in [-0.3, -0.25) is 4.98 Å². The minimum Gasteiger partial charge on any atom is -0.320 e. The topological polar surface area (TPSA) is 101 Å². The Kier molecular flexibility index (Phi) is 4.65. The van der Waals surface area contributed by atoms with E-state index < -0.39 is 10.0 Å². The van der Waals surface area contributed by atoms with Gasteiger partial charge < -0.3 is 4.57 Å². The molecule has 0 bridgehead atoms. The zero-order valence-electron chi connectivity index (χ0n) is 18.7. The standard InChI is InChI=1S/C25H27N5O2S/c1-25(10-11-25)29-33(31,32)19-8-9-22(27-15-19)23-21(13-26)20-12-17(16-6-7-16)14-28-24(20)30(23)18-4-2-3-5-18/h8-9,12,14-16,18,29H,2-7,10-11H2,1H3. The molecule has 3 aromatic rings. The summed E-state index contributed by atoms with van der Waals surface area (Å²) in [5.41, 5.74) is 3.64. The predicted molar refractivity (Wildman–Crippen MR) is 125 cm³/mol. The van der Waals surface area contributed by atoms with E-state index in [1.807, 2.05) is 13.1 Å². The summed E-state index contributed by atoms with van der Waals surface area (Å²) in [4.78, 5) is 9.53. The van der Waals surface area contributed by atoms with Gasteiger partial charge in [0.25, 0.3) is 0 Å². The molecule has 0 saturated heterocycles. The zero-order chi connectivity index (χ0) is 22.8. The molecule has 0 aromatic carbocycles. The Hall–Kier alpha value is -2.76. The molecule has 0 amide bonds. The number of nitrogens with one attached hydrogen (secondary N) is 1. The molecule has 1 N–H and O–H groups in total. The number of rotatable bonds is 6. The minimum absolute atomic E-state index is 0.149. The van der Waals surface area contributed by atoms with Crippen LogP contribution in [-0.2, 0) is 10.0 Å². The summed E-state index contributed by atoms with van der Waals surface area (Å²) in [6, 6.07) is 8.14. The molecular weight excluding hydrogens is 434 g/mol. The second-order valence-corrected chi connectivity index (χ2v) is 11.8. The van der Waals surface area contributed by atoms with Crippen LogP contribution in [-0.4, -0.2) is 28.5 Å². The number of fused-ring (bicyclic) bond motifs is 1. The molecule has 3 heterocycles. The van der Waals surface area contributed by atoms with E-state index >= 15 is 0 Å². The van der Waals surface area contributed by atoms with Crippen LogP contribution < -0.4 is 4.72 Å². The number of nitrogens with zero attached hydrogens (tertiary/aromatic N) is 4. The molecule has 0 unspecified atom stereocenters. The number of hydrogen-bond donors (Lipinski definition) is 1. The SMILES string of the molecule is CC1(NS(=O)(=O)c2ccc(-c3c(C#N)c4cc(C5CC5)cnc4n3C3CCCC3)nc2)CC1. The van der Waals surface area contributed by atoms with Crippen molar-refractivity contribution in [1.29, 1.82) is 5.26 Å². The first-order valence-corrected chi connectivity index (χ1v) is 13.3. The molecular formula is C25H27N5O2S. The Labute approximate surface area is 193 Å². The molecule has 0 atom stereocenters. The Balaban J connectivity index is 1.48. The van der Waals surface area contributed by atoms with Crippen molar-refractivity contribution < 1.29 is 8.42 Å². The fraction of sp³-hybridized carbons (Fsp3) is 0.480. The molecule has 3 aromatic heterocycles. The summed E-state index contributed by atoms with van der Waals surface area (Å²) >= 11 is 0. The van der Waals surface area contributed by atoms with Gasteiger partial charge in [-0.05, 0) is 75.1 Å². The Morgan fingerprint density at radius 2 is 1.88 bits per heavy atom. The summed E-state index contributed by atoms with van der Waals surface area (Å²) in [7, 11) is -3.63. The van der Waals surface area contributed by atoms with Crippen molar-refractivity contribution in [2.45, 2.75) is 80.7 Å². The lowest BCUT2D eigenvalue weighted by molar-refractivity contribution is 0.536. The summed E-state index contributed by atoms with van der Waals surface area (Å²) in [5.74, 6) is 0.551. The van der Waals surface area contributed by atoms with Crippen LogP contribution in [0.3, 0.4) is 0 Å². The third-order valence-corrected chi connectivity index (χ3v) is 9.01. The third kappa shape index (κ3) is 3.64. The lowest BCUT2D eigenvalue weighted by atomic mass is 10.1. The van der Waals surface area contributed by atoms with Crippen LogP contribution in [0.1, 0.15) is 81.4 Å². The van der Waals surface area contributed by atoms with Gasteiger partial charge in [-0.25, -0.2) is 18.1 Å². The van der Waals surface area contributed by atoms with Crippen molar-refractivity contribution in [3.63, 3.8) is 0 Å². The van der Waals surface area contributed by atoms with E-state index in [0.29, 0.717) is 17.2 Å². The van der Waals surface area contributed by atoms with Gasteiger partial charge in [-0.15, -0.1) is 0 Å². The van der Waals surface area contributed by atoms with Gasteiger partial charge in [-0.2, -0.15) is 5.26 Å². The number of pyridine rings is 2. The van der Waals surface area contributed by atoms with Gasteiger partial charge in [0.2, 0.25) is 10.0 Å². The normalized spacial score (nSPS) is 20.2. The molecule has 0 radical (unpaired) electrons. The first-order chi connectivity index (χ1) is 15.9. The van der Waals surface area contributed by atoms with Crippen LogP contribution in [0.15, 0.2) is 35.5 Å². The highest BCUT2D eigenvalue weighted by Gasteiger charge is 2.41. The highest BCUT2D eigenvalue weighted by molar-refractivity contribution is 7.89. The van der Waals surface area contributed by atoms with Crippen molar-refractivity contribution in [2.75, 3.05) is 0 Å². The van der Waals surface area contributed by atoms with Gasteiger partial charge in [0, 0.05) is 29.4 Å². The van der Waals surface area contributed by atoms with Crippen molar-refractivity contribution in [1.82, 2.24) is 19.3 Å². The van der Waals surface area contributed by atoms with Gasteiger partial charge in [0.05, 0.1) is 17.0 Å². The van der Waals surface area contributed by atoms with Gasteiger partial charge in [-0.1, -0.05) is 12.8 Å².